The van der Waals surface area contributed by atoms with Crippen molar-refractivity contribution in [2.24, 2.45) is 5.92 Å². The summed E-state index contributed by atoms with van der Waals surface area (Å²) in [5.74, 6) is 1.05. The second-order valence-corrected chi connectivity index (χ2v) is 15.5. The van der Waals surface area contributed by atoms with Crippen molar-refractivity contribution in [3.05, 3.63) is 130 Å². The van der Waals surface area contributed by atoms with E-state index in [0.717, 1.165) is 89.4 Å². The first-order chi connectivity index (χ1) is 22.4. The fourth-order valence-corrected chi connectivity index (χ4v) is 8.93. The number of aryl methyl sites for hydroxylation is 4. The van der Waals surface area contributed by atoms with E-state index < -0.39 is 0 Å². The summed E-state index contributed by atoms with van der Waals surface area (Å²) in [5.41, 5.74) is 13.5. The van der Waals surface area contributed by atoms with Crippen LogP contribution in [0.2, 0.25) is 10.0 Å². The lowest BCUT2D eigenvalue weighted by molar-refractivity contribution is 0.338. The van der Waals surface area contributed by atoms with Crippen LogP contribution in [0, 0.1) is 5.92 Å². The predicted octanol–water partition coefficient (Wildman–Crippen LogP) is 9.51. The second-order valence-electron chi connectivity index (χ2n) is 12.8. The van der Waals surface area contributed by atoms with Crippen molar-refractivity contribution in [3.63, 3.8) is 0 Å². The number of rotatable bonds is 1. The molecule has 0 saturated carbocycles. The van der Waals surface area contributed by atoms with Crippen molar-refractivity contribution in [3.8, 4) is 0 Å². The van der Waals surface area contributed by atoms with Crippen LogP contribution in [-0.2, 0) is 25.7 Å². The van der Waals surface area contributed by atoms with E-state index in [0.29, 0.717) is 11.8 Å². The minimum absolute atomic E-state index is 0.398. The van der Waals surface area contributed by atoms with Crippen LogP contribution in [0.15, 0.2) is 75.4 Å². The zero-order valence-corrected chi connectivity index (χ0v) is 30.5. The molecule has 4 heterocycles. The molecule has 2 aromatic carbocycles. The molecule has 0 bridgehead atoms. The lowest BCUT2D eigenvalue weighted by Crippen LogP contribution is -2.31. The van der Waals surface area contributed by atoms with E-state index in [4.69, 9.17) is 33.2 Å². The van der Waals surface area contributed by atoms with E-state index in [9.17, 15) is 0 Å². The zero-order chi connectivity index (χ0) is 31.6. The van der Waals surface area contributed by atoms with Crippen LogP contribution in [-0.4, -0.2) is 36.1 Å². The highest BCUT2D eigenvalue weighted by Crippen LogP contribution is 2.43. The zero-order valence-electron chi connectivity index (χ0n) is 25.8. The number of benzene rings is 2. The van der Waals surface area contributed by atoms with Crippen molar-refractivity contribution >= 4 is 60.6 Å². The summed E-state index contributed by atoms with van der Waals surface area (Å²) in [6, 6.07) is 17.2. The topological polar surface area (TPSA) is 49.8 Å². The first-order valence-corrected chi connectivity index (χ1v) is 18.8. The van der Waals surface area contributed by atoms with Gasteiger partial charge in [0.25, 0.3) is 0 Å². The maximum atomic E-state index is 6.27. The Morgan fingerprint density at radius 1 is 0.630 bits per heavy atom. The third-order valence-corrected chi connectivity index (χ3v) is 11.3. The third-order valence-electron chi connectivity index (χ3n) is 9.95. The van der Waals surface area contributed by atoms with Crippen LogP contribution >= 0.6 is 55.1 Å². The number of hydrogen-bond donors (Lipinski definition) is 2. The molecule has 8 heteroatoms. The standard InChI is InChI=1S/C19H20BrClN2.C19H18BrClN2/c2*20-15-9-14-2-1-13-10-16(21)3-4-17(13)18(19(14)23-11-15)12-5-7-22-8-6-12/h3-4,9-12,18,22H,1-2,5-8H2;3-4,9-11,22H,1-2,5-8H2. The summed E-state index contributed by atoms with van der Waals surface area (Å²) in [6.07, 6.45) is 12.6. The molecule has 2 aliphatic carbocycles. The molecule has 0 amide bonds. The van der Waals surface area contributed by atoms with Gasteiger partial charge in [0.1, 0.15) is 0 Å². The summed E-state index contributed by atoms with van der Waals surface area (Å²) in [6.45, 7) is 4.31. The maximum absolute atomic E-state index is 6.27. The average Bonchev–Trinajstić information content (AvgIpc) is 3.33. The molecule has 2 aliphatic heterocycles. The molecule has 0 spiro atoms. The Kier molecular flexibility index (Phi) is 10.3. The summed E-state index contributed by atoms with van der Waals surface area (Å²) in [4.78, 5) is 9.66. The molecular formula is C38H38Br2Cl2N4. The average molecular weight is 781 g/mol. The van der Waals surface area contributed by atoms with Crippen LogP contribution in [0.4, 0.5) is 0 Å². The Bertz CT molecular complexity index is 1670. The number of nitrogens with one attached hydrogen (secondary N) is 2. The van der Waals surface area contributed by atoms with Crippen molar-refractivity contribution in [1.82, 2.24) is 20.6 Å². The highest BCUT2D eigenvalue weighted by molar-refractivity contribution is 9.10. The van der Waals surface area contributed by atoms with Crippen LogP contribution in [0.3, 0.4) is 0 Å². The second kappa shape index (κ2) is 14.6. The SMILES string of the molecule is Clc1ccc2c(c1)CCc1cc(Br)cnc1C2=C1CCNCC1.Clc1ccc2c(c1)CCc1cc(Br)cnc1C2C1CCNCC1. The van der Waals surface area contributed by atoms with Gasteiger partial charge in [-0.25, -0.2) is 0 Å². The van der Waals surface area contributed by atoms with E-state index in [1.165, 1.54) is 63.1 Å². The number of hydrogen-bond acceptors (Lipinski definition) is 4. The minimum atomic E-state index is 0.398. The van der Waals surface area contributed by atoms with Crippen molar-refractivity contribution in [1.29, 1.82) is 0 Å². The minimum Gasteiger partial charge on any atom is -0.317 e. The van der Waals surface area contributed by atoms with Gasteiger partial charge in [0.05, 0.1) is 11.4 Å². The van der Waals surface area contributed by atoms with Gasteiger partial charge in [0.2, 0.25) is 0 Å². The molecule has 8 rings (SSSR count). The van der Waals surface area contributed by atoms with Gasteiger partial charge in [0.15, 0.2) is 0 Å². The van der Waals surface area contributed by atoms with Crippen molar-refractivity contribution in [2.45, 2.75) is 57.3 Å². The third kappa shape index (κ3) is 7.04. The van der Waals surface area contributed by atoms with Gasteiger partial charge < -0.3 is 10.6 Å². The molecule has 2 saturated heterocycles. The summed E-state index contributed by atoms with van der Waals surface area (Å²) in [7, 11) is 0. The van der Waals surface area contributed by atoms with Crippen LogP contribution in [0.5, 0.6) is 0 Å². The van der Waals surface area contributed by atoms with Gasteiger partial charge in [0, 0.05) is 42.9 Å². The number of piperidine rings is 2. The monoisotopic (exact) mass is 778 g/mol. The fourth-order valence-electron chi connectivity index (χ4n) is 7.78. The fraction of sp³-hybridized carbons (Fsp3) is 0.368. The molecule has 1 atom stereocenters. The molecule has 0 radical (unpaired) electrons. The molecular weight excluding hydrogens is 743 g/mol. The van der Waals surface area contributed by atoms with Crippen LogP contribution in [0.25, 0.3) is 5.57 Å². The molecule has 4 aliphatic rings. The molecule has 2 aromatic heterocycles. The summed E-state index contributed by atoms with van der Waals surface area (Å²) < 4.78 is 2.12. The maximum Gasteiger partial charge on any atom is 0.0740 e. The first kappa shape index (κ1) is 32.5. The highest BCUT2D eigenvalue weighted by Gasteiger charge is 2.32. The molecule has 2 N–H and O–H groups in total. The first-order valence-electron chi connectivity index (χ1n) is 16.4. The smallest absolute Gasteiger partial charge is 0.0740 e. The largest absolute Gasteiger partial charge is 0.317 e. The summed E-state index contributed by atoms with van der Waals surface area (Å²) >= 11 is 19.7. The Balaban J connectivity index is 0.000000147. The number of aromatic nitrogens is 2. The van der Waals surface area contributed by atoms with Gasteiger partial charge in [-0.2, -0.15) is 0 Å². The van der Waals surface area contributed by atoms with Crippen molar-refractivity contribution < 1.29 is 0 Å². The van der Waals surface area contributed by atoms with Gasteiger partial charge >= 0.3 is 0 Å². The van der Waals surface area contributed by atoms with Crippen LogP contribution < -0.4 is 10.6 Å². The van der Waals surface area contributed by atoms with E-state index >= 15 is 0 Å². The predicted molar refractivity (Wildman–Crippen MR) is 197 cm³/mol. The Morgan fingerprint density at radius 3 is 2.02 bits per heavy atom. The summed E-state index contributed by atoms with van der Waals surface area (Å²) in [5, 5.41) is 8.60. The Morgan fingerprint density at radius 2 is 1.24 bits per heavy atom. The quantitative estimate of drug-likeness (QED) is 0.202. The van der Waals surface area contributed by atoms with Gasteiger partial charge in [-0.15, -0.1) is 0 Å². The molecule has 46 heavy (non-hydrogen) atoms. The normalized spacial score (nSPS) is 19.4. The van der Waals surface area contributed by atoms with E-state index in [-0.39, 0.29) is 0 Å². The number of halogens is 4. The lowest BCUT2D eigenvalue weighted by Gasteiger charge is -2.32. The van der Waals surface area contributed by atoms with Gasteiger partial charge in [-0.05, 0) is 185 Å². The number of nitrogens with zero attached hydrogens (tertiary/aromatic N) is 2. The Hall–Kier alpha value is -2.06. The van der Waals surface area contributed by atoms with Crippen LogP contribution in [0.1, 0.15) is 76.4 Å². The molecule has 1 unspecified atom stereocenters. The number of pyridine rings is 2. The van der Waals surface area contributed by atoms with Gasteiger partial charge in [-0.3, -0.25) is 9.97 Å². The molecule has 4 aromatic rings. The van der Waals surface area contributed by atoms with Gasteiger partial charge in [-0.1, -0.05) is 40.9 Å². The van der Waals surface area contributed by atoms with E-state index in [1.54, 1.807) is 0 Å². The highest BCUT2D eigenvalue weighted by atomic mass is 79.9. The van der Waals surface area contributed by atoms with E-state index in [2.05, 4.69) is 78.9 Å². The molecule has 4 nitrogen and oxygen atoms in total. The van der Waals surface area contributed by atoms with Crippen molar-refractivity contribution in [2.75, 3.05) is 26.2 Å². The molecule has 2 fully saturated rings. The molecule has 238 valence electrons. The Labute approximate surface area is 299 Å². The lowest BCUT2D eigenvalue weighted by atomic mass is 9.77. The number of fused-ring (bicyclic) bond motifs is 4. The van der Waals surface area contributed by atoms with E-state index in [1.807, 2.05) is 24.5 Å².